The lowest BCUT2D eigenvalue weighted by Crippen LogP contribution is -2.29. The second-order valence-corrected chi connectivity index (χ2v) is 7.66. The molecule has 1 aliphatic rings. The van der Waals surface area contributed by atoms with Crippen LogP contribution in [0.2, 0.25) is 0 Å². The van der Waals surface area contributed by atoms with E-state index in [4.69, 9.17) is 4.74 Å². The van der Waals surface area contributed by atoms with Crippen molar-refractivity contribution in [1.82, 2.24) is 19.5 Å². The van der Waals surface area contributed by atoms with Crippen LogP contribution < -0.4 is 10.3 Å². The Labute approximate surface area is 164 Å². The Morgan fingerprint density at radius 1 is 1.21 bits per heavy atom. The van der Waals surface area contributed by atoms with Gasteiger partial charge in [0.2, 0.25) is 5.88 Å². The number of hydrogen-bond donors (Lipinski definition) is 0. The summed E-state index contributed by atoms with van der Waals surface area (Å²) in [4.78, 5) is 26.9. The molecular formula is C22H26N4O2. The van der Waals surface area contributed by atoms with Crippen molar-refractivity contribution >= 4 is 11.0 Å². The van der Waals surface area contributed by atoms with Gasteiger partial charge in [0.25, 0.3) is 5.56 Å². The molecule has 6 nitrogen and oxygen atoms in total. The molecule has 0 aliphatic heterocycles. The monoisotopic (exact) mass is 378 g/mol. The van der Waals surface area contributed by atoms with Crippen LogP contribution in [-0.2, 0) is 0 Å². The first-order valence-corrected chi connectivity index (χ1v) is 9.86. The van der Waals surface area contributed by atoms with Crippen LogP contribution >= 0.6 is 0 Å². The number of nitrogens with zero attached hydrogens (tertiary/aromatic N) is 4. The summed E-state index contributed by atoms with van der Waals surface area (Å²) in [5, 5.41) is 0. The summed E-state index contributed by atoms with van der Waals surface area (Å²) in [6.45, 7) is 7.85. The van der Waals surface area contributed by atoms with Crippen molar-refractivity contribution in [1.29, 1.82) is 0 Å². The molecule has 0 saturated heterocycles. The molecule has 146 valence electrons. The van der Waals surface area contributed by atoms with Gasteiger partial charge in [0, 0.05) is 23.4 Å². The minimum atomic E-state index is 0.00385. The number of aryl methyl sites for hydroxylation is 3. The maximum atomic E-state index is 13.0. The third-order valence-corrected chi connectivity index (χ3v) is 5.69. The minimum absolute atomic E-state index is 0.00385. The average Bonchev–Trinajstić information content (AvgIpc) is 3.51. The zero-order chi connectivity index (χ0) is 20.0. The average molecular weight is 378 g/mol. The summed E-state index contributed by atoms with van der Waals surface area (Å²) in [6, 6.07) is 4.16. The number of aromatic nitrogens is 4. The van der Waals surface area contributed by atoms with Crippen molar-refractivity contribution in [3.05, 3.63) is 45.6 Å². The van der Waals surface area contributed by atoms with E-state index >= 15 is 0 Å². The Kier molecular flexibility index (Phi) is 4.65. The highest BCUT2D eigenvalue weighted by atomic mass is 16.5. The summed E-state index contributed by atoms with van der Waals surface area (Å²) in [5.41, 5.74) is 5.57. The standard InChI is InChI=1S/C22H26N4O2/c1-6-17(15-7-8-15)26-18-9-10-23-19(20(18)24-14(4)22(26)27)16-11-12(2)21(28-5)25-13(16)3/h9-11,15,17H,6-8H2,1-5H3. The fraction of sp³-hybridized carbons (Fsp3) is 0.455. The molecule has 1 atom stereocenters. The van der Waals surface area contributed by atoms with Crippen LogP contribution in [0.25, 0.3) is 22.3 Å². The Hall–Kier alpha value is -2.76. The van der Waals surface area contributed by atoms with E-state index in [1.165, 1.54) is 12.8 Å². The van der Waals surface area contributed by atoms with E-state index in [0.717, 1.165) is 40.0 Å². The van der Waals surface area contributed by atoms with Crippen molar-refractivity contribution in [2.45, 2.75) is 53.0 Å². The summed E-state index contributed by atoms with van der Waals surface area (Å²) < 4.78 is 7.30. The minimum Gasteiger partial charge on any atom is -0.481 e. The van der Waals surface area contributed by atoms with Gasteiger partial charge >= 0.3 is 0 Å². The van der Waals surface area contributed by atoms with Gasteiger partial charge in [-0.2, -0.15) is 0 Å². The van der Waals surface area contributed by atoms with Gasteiger partial charge in [-0.3, -0.25) is 9.78 Å². The van der Waals surface area contributed by atoms with Gasteiger partial charge in [0.15, 0.2) is 0 Å². The van der Waals surface area contributed by atoms with E-state index in [0.29, 0.717) is 17.5 Å². The molecule has 3 aromatic rings. The van der Waals surface area contributed by atoms with E-state index < -0.39 is 0 Å². The van der Waals surface area contributed by atoms with Gasteiger partial charge in [-0.15, -0.1) is 0 Å². The fourth-order valence-corrected chi connectivity index (χ4v) is 4.11. The van der Waals surface area contributed by atoms with E-state index in [1.54, 1.807) is 20.2 Å². The van der Waals surface area contributed by atoms with Gasteiger partial charge in [-0.25, -0.2) is 9.97 Å². The van der Waals surface area contributed by atoms with E-state index in [1.807, 2.05) is 30.5 Å². The van der Waals surface area contributed by atoms with Crippen LogP contribution in [0.15, 0.2) is 23.1 Å². The maximum absolute atomic E-state index is 13.0. The number of methoxy groups -OCH3 is 1. The van der Waals surface area contributed by atoms with E-state index in [2.05, 4.69) is 21.9 Å². The Balaban J connectivity index is 2.01. The number of rotatable bonds is 5. The quantitative estimate of drug-likeness (QED) is 0.667. The Bertz CT molecular complexity index is 1120. The van der Waals surface area contributed by atoms with Crippen LogP contribution in [0.5, 0.6) is 5.88 Å². The molecule has 0 bridgehead atoms. The lowest BCUT2D eigenvalue weighted by molar-refractivity contribution is 0.394. The maximum Gasteiger partial charge on any atom is 0.272 e. The zero-order valence-corrected chi connectivity index (χ0v) is 17.1. The second kappa shape index (κ2) is 7.00. The molecule has 1 fully saturated rings. The lowest BCUT2D eigenvalue weighted by atomic mass is 10.0. The second-order valence-electron chi connectivity index (χ2n) is 7.66. The predicted molar refractivity (Wildman–Crippen MR) is 110 cm³/mol. The first kappa shape index (κ1) is 18.6. The number of pyridine rings is 2. The van der Waals surface area contributed by atoms with Gasteiger partial charge in [0.05, 0.1) is 24.0 Å². The van der Waals surface area contributed by atoms with Crippen LogP contribution in [0.4, 0.5) is 0 Å². The van der Waals surface area contributed by atoms with Crippen molar-refractivity contribution < 1.29 is 4.74 Å². The number of ether oxygens (including phenoxy) is 1. The molecule has 0 spiro atoms. The van der Waals surface area contributed by atoms with Crippen molar-refractivity contribution in [2.24, 2.45) is 5.92 Å². The highest BCUT2D eigenvalue weighted by Gasteiger charge is 2.33. The molecule has 3 heterocycles. The van der Waals surface area contributed by atoms with Crippen LogP contribution in [-0.4, -0.2) is 26.6 Å². The van der Waals surface area contributed by atoms with Gasteiger partial charge in [-0.05, 0) is 58.1 Å². The molecule has 0 amide bonds. The summed E-state index contributed by atoms with van der Waals surface area (Å²) in [7, 11) is 1.62. The van der Waals surface area contributed by atoms with Crippen molar-refractivity contribution in [2.75, 3.05) is 7.11 Å². The molecule has 0 radical (unpaired) electrons. The Morgan fingerprint density at radius 3 is 2.61 bits per heavy atom. The van der Waals surface area contributed by atoms with Crippen LogP contribution in [0.3, 0.4) is 0 Å². The Morgan fingerprint density at radius 2 is 1.96 bits per heavy atom. The highest BCUT2D eigenvalue weighted by Crippen LogP contribution is 2.42. The van der Waals surface area contributed by atoms with Crippen molar-refractivity contribution in [3.63, 3.8) is 0 Å². The lowest BCUT2D eigenvalue weighted by Gasteiger charge is -2.21. The van der Waals surface area contributed by atoms with E-state index in [-0.39, 0.29) is 11.6 Å². The summed E-state index contributed by atoms with van der Waals surface area (Å²) >= 11 is 0. The summed E-state index contributed by atoms with van der Waals surface area (Å²) in [5.74, 6) is 1.19. The SMILES string of the molecule is CCC(C1CC1)n1c(=O)c(C)nc2c(-c3cc(C)c(OC)nc3C)nccc21. The molecule has 1 unspecified atom stereocenters. The third kappa shape index (κ3) is 2.97. The fourth-order valence-electron chi connectivity index (χ4n) is 4.11. The third-order valence-electron chi connectivity index (χ3n) is 5.69. The first-order valence-electron chi connectivity index (χ1n) is 9.86. The summed E-state index contributed by atoms with van der Waals surface area (Å²) in [6.07, 6.45) is 5.07. The number of fused-ring (bicyclic) bond motifs is 1. The highest BCUT2D eigenvalue weighted by molar-refractivity contribution is 5.90. The predicted octanol–water partition coefficient (Wildman–Crippen LogP) is 4.15. The molecular weight excluding hydrogens is 352 g/mol. The molecule has 28 heavy (non-hydrogen) atoms. The molecule has 0 N–H and O–H groups in total. The molecule has 3 aromatic heterocycles. The normalized spacial score (nSPS) is 15.0. The molecule has 0 aromatic carbocycles. The van der Waals surface area contributed by atoms with Gasteiger partial charge in [-0.1, -0.05) is 6.92 Å². The molecule has 1 aliphatic carbocycles. The van der Waals surface area contributed by atoms with Crippen LogP contribution in [0, 0.1) is 26.7 Å². The topological polar surface area (TPSA) is 69.9 Å². The smallest absolute Gasteiger partial charge is 0.272 e. The van der Waals surface area contributed by atoms with Crippen LogP contribution in [0.1, 0.15) is 49.2 Å². The van der Waals surface area contributed by atoms with Gasteiger partial charge in [0.1, 0.15) is 11.2 Å². The van der Waals surface area contributed by atoms with Gasteiger partial charge < -0.3 is 9.30 Å². The first-order chi connectivity index (χ1) is 13.5. The molecule has 6 heteroatoms. The zero-order valence-electron chi connectivity index (χ0n) is 17.1. The van der Waals surface area contributed by atoms with E-state index in [9.17, 15) is 4.79 Å². The number of hydrogen-bond acceptors (Lipinski definition) is 5. The largest absolute Gasteiger partial charge is 0.481 e. The van der Waals surface area contributed by atoms with Crippen molar-refractivity contribution in [3.8, 4) is 17.1 Å². The molecule has 4 rings (SSSR count). The molecule has 1 saturated carbocycles.